The highest BCUT2D eigenvalue weighted by Gasteiger charge is 2.66. The second kappa shape index (κ2) is 3.31. The molecule has 1 N–H and O–H groups in total. The van der Waals surface area contributed by atoms with Crippen molar-refractivity contribution >= 4 is 0 Å². The van der Waals surface area contributed by atoms with Crippen molar-refractivity contribution in [1.29, 1.82) is 0 Å². The van der Waals surface area contributed by atoms with Gasteiger partial charge in [0.05, 0.1) is 17.9 Å². The van der Waals surface area contributed by atoms with Crippen LogP contribution in [0.3, 0.4) is 0 Å². The number of fused-ring (bicyclic) bond motifs is 5. The Labute approximate surface area is 102 Å². The van der Waals surface area contributed by atoms with E-state index in [-0.39, 0.29) is 0 Å². The third-order valence-electron chi connectivity index (χ3n) is 5.56. The van der Waals surface area contributed by atoms with E-state index in [9.17, 15) is 0 Å². The van der Waals surface area contributed by atoms with E-state index in [0.29, 0.717) is 6.04 Å². The summed E-state index contributed by atoms with van der Waals surface area (Å²) in [4.78, 5) is 0. The van der Waals surface area contributed by atoms with Crippen molar-refractivity contribution in [2.75, 3.05) is 7.05 Å². The summed E-state index contributed by atoms with van der Waals surface area (Å²) in [6.07, 6.45) is 6.42. The normalized spacial score (nSPS) is 43.8. The van der Waals surface area contributed by atoms with Crippen LogP contribution in [0.1, 0.15) is 31.0 Å². The van der Waals surface area contributed by atoms with Crippen molar-refractivity contribution in [2.45, 2.75) is 25.3 Å². The first kappa shape index (κ1) is 10.1. The molecule has 3 aliphatic carbocycles. The summed E-state index contributed by atoms with van der Waals surface area (Å²) in [6.45, 7) is 0. The predicted octanol–water partition coefficient (Wildman–Crippen LogP) is 1.37. The number of nitrogens with zero attached hydrogens (tertiary/aromatic N) is 3. The zero-order valence-electron chi connectivity index (χ0n) is 10.5. The number of hydrogen-bond acceptors (Lipinski definition) is 3. The molecule has 0 aliphatic heterocycles. The van der Waals surface area contributed by atoms with Crippen LogP contribution in [0.25, 0.3) is 0 Å². The smallest absolute Gasteiger partial charge is 0.0756 e. The summed E-state index contributed by atoms with van der Waals surface area (Å²) in [6, 6.07) is 0.466. The minimum Gasteiger partial charge on any atom is -0.311 e. The highest BCUT2D eigenvalue weighted by molar-refractivity contribution is 5.20. The maximum Gasteiger partial charge on any atom is 0.0756 e. The first-order valence-corrected chi connectivity index (χ1v) is 6.83. The molecule has 0 spiro atoms. The SMILES string of the molecule is CNC(c1cnnn1C)C1C2C3CCC(C3)C21. The van der Waals surface area contributed by atoms with E-state index in [4.69, 9.17) is 0 Å². The van der Waals surface area contributed by atoms with Gasteiger partial charge in [0.2, 0.25) is 0 Å². The van der Waals surface area contributed by atoms with Crippen LogP contribution >= 0.6 is 0 Å². The van der Waals surface area contributed by atoms with Crippen LogP contribution in [0.4, 0.5) is 0 Å². The molecule has 3 aliphatic rings. The predicted molar refractivity (Wildman–Crippen MR) is 64.1 cm³/mol. The fourth-order valence-corrected chi connectivity index (χ4v) is 4.96. The molecule has 17 heavy (non-hydrogen) atoms. The van der Waals surface area contributed by atoms with Crippen molar-refractivity contribution < 1.29 is 0 Å². The molecule has 3 saturated carbocycles. The number of aryl methyl sites for hydroxylation is 1. The molecule has 0 radical (unpaired) electrons. The highest BCUT2D eigenvalue weighted by Crippen LogP contribution is 2.72. The molecule has 1 aromatic rings. The van der Waals surface area contributed by atoms with Crippen LogP contribution in [0, 0.1) is 29.6 Å². The van der Waals surface area contributed by atoms with E-state index < -0.39 is 0 Å². The molecule has 1 heterocycles. The molecule has 92 valence electrons. The van der Waals surface area contributed by atoms with Crippen molar-refractivity contribution in [2.24, 2.45) is 36.6 Å². The Morgan fingerprint density at radius 1 is 1.35 bits per heavy atom. The largest absolute Gasteiger partial charge is 0.311 e. The zero-order valence-corrected chi connectivity index (χ0v) is 10.5. The van der Waals surface area contributed by atoms with Crippen LogP contribution in [0.5, 0.6) is 0 Å². The number of nitrogens with one attached hydrogen (secondary N) is 1. The minimum atomic E-state index is 0.466. The Kier molecular flexibility index (Phi) is 1.96. The molecular weight excluding hydrogens is 212 g/mol. The minimum absolute atomic E-state index is 0.466. The molecule has 3 fully saturated rings. The van der Waals surface area contributed by atoms with Crippen LogP contribution < -0.4 is 5.32 Å². The summed E-state index contributed by atoms with van der Waals surface area (Å²) in [5.41, 5.74) is 1.26. The van der Waals surface area contributed by atoms with Gasteiger partial charge in [0.15, 0.2) is 0 Å². The second-order valence-corrected chi connectivity index (χ2v) is 6.11. The fourth-order valence-electron chi connectivity index (χ4n) is 4.96. The van der Waals surface area contributed by atoms with Gasteiger partial charge in [-0.25, -0.2) is 0 Å². The molecule has 4 rings (SSSR count). The van der Waals surface area contributed by atoms with Gasteiger partial charge in [0.1, 0.15) is 0 Å². The molecule has 4 nitrogen and oxygen atoms in total. The Balaban J connectivity index is 1.61. The second-order valence-electron chi connectivity index (χ2n) is 6.11. The highest BCUT2D eigenvalue weighted by atomic mass is 15.4. The van der Waals surface area contributed by atoms with Crippen molar-refractivity contribution in [3.63, 3.8) is 0 Å². The van der Waals surface area contributed by atoms with Gasteiger partial charge >= 0.3 is 0 Å². The van der Waals surface area contributed by atoms with Gasteiger partial charge in [0.25, 0.3) is 0 Å². The van der Waals surface area contributed by atoms with Crippen LogP contribution in [0.15, 0.2) is 6.20 Å². The monoisotopic (exact) mass is 232 g/mol. The molecule has 0 aromatic carbocycles. The number of hydrogen-bond donors (Lipinski definition) is 1. The molecule has 0 saturated heterocycles. The third-order valence-corrected chi connectivity index (χ3v) is 5.56. The van der Waals surface area contributed by atoms with Crippen LogP contribution in [-0.4, -0.2) is 22.0 Å². The maximum atomic E-state index is 4.07. The van der Waals surface area contributed by atoms with E-state index >= 15 is 0 Å². The average Bonchev–Trinajstić information content (AvgIpc) is 2.72. The summed E-state index contributed by atoms with van der Waals surface area (Å²) < 4.78 is 1.93. The maximum absolute atomic E-state index is 4.07. The van der Waals surface area contributed by atoms with Crippen LogP contribution in [-0.2, 0) is 7.05 Å². The van der Waals surface area contributed by atoms with E-state index in [1.165, 1.54) is 25.0 Å². The topological polar surface area (TPSA) is 42.7 Å². The Morgan fingerprint density at radius 2 is 2.06 bits per heavy atom. The lowest BCUT2D eigenvalue weighted by atomic mass is 9.96. The lowest BCUT2D eigenvalue weighted by Gasteiger charge is -2.19. The summed E-state index contributed by atoms with van der Waals surface area (Å²) in [5.74, 6) is 4.92. The molecule has 1 aromatic heterocycles. The van der Waals surface area contributed by atoms with Gasteiger partial charge in [0, 0.05) is 7.05 Å². The Hall–Kier alpha value is -0.900. The fraction of sp³-hybridized carbons (Fsp3) is 0.846. The van der Waals surface area contributed by atoms with E-state index in [0.717, 1.165) is 29.6 Å². The molecule has 0 amide bonds. The molecule has 4 heteroatoms. The quantitative estimate of drug-likeness (QED) is 0.856. The zero-order chi connectivity index (χ0) is 11.6. The molecule has 5 atom stereocenters. The average molecular weight is 232 g/mol. The van der Waals surface area contributed by atoms with Crippen molar-refractivity contribution in [1.82, 2.24) is 20.3 Å². The van der Waals surface area contributed by atoms with Crippen molar-refractivity contribution in [3.05, 3.63) is 11.9 Å². The first-order chi connectivity index (χ1) is 8.31. The van der Waals surface area contributed by atoms with E-state index in [1.807, 2.05) is 17.9 Å². The summed E-state index contributed by atoms with van der Waals surface area (Å²) in [5, 5.41) is 11.6. The van der Waals surface area contributed by atoms with E-state index in [2.05, 4.69) is 22.7 Å². The summed E-state index contributed by atoms with van der Waals surface area (Å²) in [7, 11) is 4.08. The van der Waals surface area contributed by atoms with Gasteiger partial charge in [-0.3, -0.25) is 4.68 Å². The standard InChI is InChI=1S/C13H20N4/c1-14-13(9-6-15-16-17(9)2)12-10-7-3-4-8(5-7)11(10)12/h6-8,10-14H,3-5H2,1-2H3. The van der Waals surface area contributed by atoms with Gasteiger partial charge in [-0.2, -0.15) is 0 Å². The number of aromatic nitrogens is 3. The molecule has 2 bridgehead atoms. The van der Waals surface area contributed by atoms with Gasteiger partial charge in [-0.1, -0.05) is 5.21 Å². The van der Waals surface area contributed by atoms with Gasteiger partial charge < -0.3 is 5.32 Å². The third kappa shape index (κ3) is 1.22. The molecular formula is C13H20N4. The Bertz CT molecular complexity index is 424. The summed E-state index contributed by atoms with van der Waals surface area (Å²) >= 11 is 0. The number of rotatable bonds is 3. The van der Waals surface area contributed by atoms with E-state index in [1.54, 1.807) is 0 Å². The van der Waals surface area contributed by atoms with Crippen molar-refractivity contribution in [3.8, 4) is 0 Å². The Morgan fingerprint density at radius 3 is 2.59 bits per heavy atom. The first-order valence-electron chi connectivity index (χ1n) is 6.83. The lowest BCUT2D eigenvalue weighted by molar-refractivity contribution is 0.372. The van der Waals surface area contributed by atoms with Gasteiger partial charge in [-0.15, -0.1) is 5.10 Å². The van der Waals surface area contributed by atoms with Gasteiger partial charge in [-0.05, 0) is 55.9 Å². The molecule has 5 unspecified atom stereocenters. The van der Waals surface area contributed by atoms with Crippen LogP contribution in [0.2, 0.25) is 0 Å². The lowest BCUT2D eigenvalue weighted by Crippen LogP contribution is -2.24.